The first-order chi connectivity index (χ1) is 12.6. The van der Waals surface area contributed by atoms with Crippen LogP contribution in [0, 0.1) is 0 Å². The van der Waals surface area contributed by atoms with Crippen LogP contribution in [0.15, 0.2) is 54.6 Å². The van der Waals surface area contributed by atoms with Gasteiger partial charge in [0.05, 0.1) is 0 Å². The zero-order valence-corrected chi connectivity index (χ0v) is 14.0. The minimum Gasteiger partial charge on any atom is -0.484 e. The van der Waals surface area contributed by atoms with Crippen molar-refractivity contribution < 1.29 is 19.1 Å². The fourth-order valence-electron chi connectivity index (χ4n) is 2.22. The first-order valence-corrected chi connectivity index (χ1v) is 8.30. The summed E-state index contributed by atoms with van der Waals surface area (Å²) >= 11 is 0. The third kappa shape index (κ3) is 5.07. The molecule has 0 radical (unpaired) electrons. The van der Waals surface area contributed by atoms with Crippen LogP contribution >= 0.6 is 0 Å². The molecule has 134 valence electrons. The maximum atomic E-state index is 11.7. The van der Waals surface area contributed by atoms with Crippen molar-refractivity contribution in [2.75, 3.05) is 6.61 Å². The molecule has 0 saturated heterocycles. The maximum absolute atomic E-state index is 11.7. The van der Waals surface area contributed by atoms with Gasteiger partial charge >= 0.3 is 11.8 Å². The van der Waals surface area contributed by atoms with Gasteiger partial charge in [-0.25, -0.2) is 0 Å². The van der Waals surface area contributed by atoms with Crippen molar-refractivity contribution >= 4 is 17.7 Å². The molecule has 0 spiro atoms. The number of amides is 3. The largest absolute Gasteiger partial charge is 0.484 e. The molecule has 0 heterocycles. The van der Waals surface area contributed by atoms with Gasteiger partial charge in [0.25, 0.3) is 5.91 Å². The van der Waals surface area contributed by atoms with Gasteiger partial charge < -0.3 is 10.1 Å². The molecule has 7 heteroatoms. The van der Waals surface area contributed by atoms with Crippen LogP contribution in [0.3, 0.4) is 0 Å². The summed E-state index contributed by atoms with van der Waals surface area (Å²) in [6.07, 6.45) is 1.75. The SMILES string of the molecule is O=C(COc1ccc(-c2ccccc2)cc1)NNC(=O)C(=O)NC1CC1. The number of rotatable bonds is 5. The highest BCUT2D eigenvalue weighted by Crippen LogP contribution is 2.22. The second-order valence-corrected chi connectivity index (χ2v) is 5.93. The van der Waals surface area contributed by atoms with Crippen LogP contribution in [-0.2, 0) is 14.4 Å². The molecule has 0 unspecified atom stereocenters. The summed E-state index contributed by atoms with van der Waals surface area (Å²) in [5.74, 6) is -1.70. The Labute approximate surface area is 150 Å². The summed E-state index contributed by atoms with van der Waals surface area (Å²) in [5, 5.41) is 2.52. The molecule has 1 saturated carbocycles. The number of hydrogen-bond acceptors (Lipinski definition) is 4. The van der Waals surface area contributed by atoms with Crippen molar-refractivity contribution in [3.8, 4) is 16.9 Å². The zero-order chi connectivity index (χ0) is 18.4. The quantitative estimate of drug-likeness (QED) is 0.555. The lowest BCUT2D eigenvalue weighted by molar-refractivity contribution is -0.141. The molecule has 0 aromatic heterocycles. The van der Waals surface area contributed by atoms with Crippen LogP contribution in [0.25, 0.3) is 11.1 Å². The average molecular weight is 353 g/mol. The van der Waals surface area contributed by atoms with E-state index >= 15 is 0 Å². The molecule has 0 aliphatic heterocycles. The highest BCUT2D eigenvalue weighted by atomic mass is 16.5. The number of ether oxygens (including phenoxy) is 1. The number of hydrogen-bond donors (Lipinski definition) is 3. The third-order valence-electron chi connectivity index (χ3n) is 3.77. The Balaban J connectivity index is 1.41. The molecule has 1 aliphatic carbocycles. The van der Waals surface area contributed by atoms with E-state index in [2.05, 4.69) is 16.2 Å². The van der Waals surface area contributed by atoms with Gasteiger partial charge in [-0.1, -0.05) is 42.5 Å². The Hall–Kier alpha value is -3.35. The average Bonchev–Trinajstić information content (AvgIpc) is 3.49. The number of benzene rings is 2. The standard InChI is InChI=1S/C19H19N3O4/c23-17(21-22-19(25)18(24)20-15-8-9-15)12-26-16-10-6-14(7-11-16)13-4-2-1-3-5-13/h1-7,10-11,15H,8-9,12H2,(H,20,24)(H,21,23)(H,22,25). The molecular weight excluding hydrogens is 334 g/mol. The van der Waals surface area contributed by atoms with E-state index < -0.39 is 17.7 Å². The maximum Gasteiger partial charge on any atom is 0.327 e. The van der Waals surface area contributed by atoms with Crippen LogP contribution in [0.2, 0.25) is 0 Å². The lowest BCUT2D eigenvalue weighted by Gasteiger charge is -2.09. The van der Waals surface area contributed by atoms with Crippen molar-refractivity contribution in [2.24, 2.45) is 0 Å². The third-order valence-corrected chi connectivity index (χ3v) is 3.77. The fraction of sp³-hybridized carbons (Fsp3) is 0.211. The van der Waals surface area contributed by atoms with Gasteiger partial charge in [-0.3, -0.25) is 25.2 Å². The van der Waals surface area contributed by atoms with Gasteiger partial charge in [0.15, 0.2) is 6.61 Å². The van der Waals surface area contributed by atoms with Crippen molar-refractivity contribution in [1.82, 2.24) is 16.2 Å². The molecule has 0 atom stereocenters. The number of nitrogens with one attached hydrogen (secondary N) is 3. The molecule has 7 nitrogen and oxygen atoms in total. The Morgan fingerprint density at radius 1 is 0.846 bits per heavy atom. The Morgan fingerprint density at radius 3 is 2.15 bits per heavy atom. The molecular formula is C19H19N3O4. The molecule has 0 bridgehead atoms. The van der Waals surface area contributed by atoms with Crippen LogP contribution in [0.1, 0.15) is 12.8 Å². The zero-order valence-electron chi connectivity index (χ0n) is 14.0. The Morgan fingerprint density at radius 2 is 1.50 bits per heavy atom. The number of carbonyl (C=O) groups is 3. The van der Waals surface area contributed by atoms with Gasteiger partial charge in [-0.05, 0) is 36.1 Å². The molecule has 3 amide bonds. The molecule has 1 aliphatic rings. The van der Waals surface area contributed by atoms with E-state index in [4.69, 9.17) is 4.74 Å². The molecule has 1 fully saturated rings. The summed E-state index contributed by atoms with van der Waals surface area (Å²) in [6.45, 7) is -0.283. The molecule has 26 heavy (non-hydrogen) atoms. The minimum absolute atomic E-state index is 0.0751. The van der Waals surface area contributed by atoms with E-state index in [1.807, 2.05) is 42.5 Å². The molecule has 2 aromatic rings. The summed E-state index contributed by atoms with van der Waals surface area (Å²) in [4.78, 5) is 34.6. The van der Waals surface area contributed by atoms with Gasteiger partial charge in [0.2, 0.25) is 0 Å². The van der Waals surface area contributed by atoms with Gasteiger partial charge in [-0.15, -0.1) is 0 Å². The summed E-state index contributed by atoms with van der Waals surface area (Å²) in [6, 6.07) is 17.3. The molecule has 3 N–H and O–H groups in total. The highest BCUT2D eigenvalue weighted by Gasteiger charge is 2.26. The minimum atomic E-state index is -0.905. The van der Waals surface area contributed by atoms with Crippen molar-refractivity contribution in [2.45, 2.75) is 18.9 Å². The van der Waals surface area contributed by atoms with E-state index in [1.165, 1.54) is 0 Å². The van der Waals surface area contributed by atoms with Gasteiger partial charge in [-0.2, -0.15) is 0 Å². The predicted octanol–water partition coefficient (Wildman–Crippen LogP) is 1.16. The van der Waals surface area contributed by atoms with Crippen LogP contribution in [0.4, 0.5) is 0 Å². The van der Waals surface area contributed by atoms with E-state index in [0.717, 1.165) is 24.0 Å². The van der Waals surface area contributed by atoms with Crippen LogP contribution in [-0.4, -0.2) is 30.4 Å². The summed E-state index contributed by atoms with van der Waals surface area (Å²) in [5.41, 5.74) is 6.32. The molecule has 2 aromatic carbocycles. The monoisotopic (exact) mass is 353 g/mol. The van der Waals surface area contributed by atoms with Crippen molar-refractivity contribution in [1.29, 1.82) is 0 Å². The van der Waals surface area contributed by atoms with Crippen molar-refractivity contribution in [3.05, 3.63) is 54.6 Å². The van der Waals surface area contributed by atoms with Gasteiger partial charge in [0, 0.05) is 6.04 Å². The first-order valence-electron chi connectivity index (χ1n) is 8.30. The highest BCUT2D eigenvalue weighted by molar-refractivity contribution is 6.35. The van der Waals surface area contributed by atoms with Crippen LogP contribution < -0.4 is 20.9 Å². The van der Waals surface area contributed by atoms with Crippen LogP contribution in [0.5, 0.6) is 5.75 Å². The number of hydrazine groups is 1. The fourth-order valence-corrected chi connectivity index (χ4v) is 2.22. The van der Waals surface area contributed by atoms with Gasteiger partial charge in [0.1, 0.15) is 5.75 Å². The van der Waals surface area contributed by atoms with E-state index in [-0.39, 0.29) is 12.6 Å². The Bertz CT molecular complexity index is 786. The lowest BCUT2D eigenvalue weighted by Crippen LogP contribution is -2.50. The normalized spacial score (nSPS) is 12.8. The van der Waals surface area contributed by atoms with Crippen molar-refractivity contribution in [3.63, 3.8) is 0 Å². The van der Waals surface area contributed by atoms with E-state index in [9.17, 15) is 14.4 Å². The lowest BCUT2D eigenvalue weighted by atomic mass is 10.1. The van der Waals surface area contributed by atoms with E-state index in [0.29, 0.717) is 5.75 Å². The summed E-state index contributed by atoms with van der Waals surface area (Å²) < 4.78 is 5.36. The second-order valence-electron chi connectivity index (χ2n) is 5.93. The smallest absolute Gasteiger partial charge is 0.327 e. The topological polar surface area (TPSA) is 96.5 Å². The summed E-state index contributed by atoms with van der Waals surface area (Å²) in [7, 11) is 0. The van der Waals surface area contributed by atoms with E-state index in [1.54, 1.807) is 12.1 Å². The Kier molecular flexibility index (Phi) is 5.48. The first kappa shape index (κ1) is 17.5. The second kappa shape index (κ2) is 8.15. The molecule has 3 rings (SSSR count). The number of carbonyl (C=O) groups excluding carboxylic acids is 3. The predicted molar refractivity (Wildman–Crippen MR) is 94.8 cm³/mol.